The summed E-state index contributed by atoms with van der Waals surface area (Å²) in [5.41, 5.74) is -0.247. The standard InChI is InChI=1S/C5H9NS/c1-5(2,3-6)4-7/h7H,4H2,1-2H3. The molecule has 2 heteroatoms. The van der Waals surface area contributed by atoms with Crippen molar-refractivity contribution in [2.75, 3.05) is 5.75 Å². The second kappa shape index (κ2) is 2.23. The molecule has 0 unspecified atom stereocenters. The lowest BCUT2D eigenvalue weighted by atomic mass is 10.00. The van der Waals surface area contributed by atoms with Crippen LogP contribution in [-0.2, 0) is 0 Å². The zero-order chi connectivity index (χ0) is 5.91. The third-order valence-electron chi connectivity index (χ3n) is 0.698. The van der Waals surface area contributed by atoms with E-state index in [0.29, 0.717) is 5.75 Å². The highest BCUT2D eigenvalue weighted by molar-refractivity contribution is 7.80. The summed E-state index contributed by atoms with van der Waals surface area (Å²) in [5.74, 6) is 0.628. The lowest BCUT2D eigenvalue weighted by Crippen LogP contribution is -2.08. The zero-order valence-electron chi connectivity index (χ0n) is 4.60. The molecule has 0 aromatic carbocycles. The van der Waals surface area contributed by atoms with Gasteiger partial charge in [0.25, 0.3) is 0 Å². The first-order valence-corrected chi connectivity index (χ1v) is 2.78. The highest BCUT2D eigenvalue weighted by atomic mass is 32.1. The fourth-order valence-electron chi connectivity index (χ4n) is 0.0354. The zero-order valence-corrected chi connectivity index (χ0v) is 5.50. The Balaban J connectivity index is 3.66. The van der Waals surface area contributed by atoms with Crippen LogP contribution in [0.15, 0.2) is 0 Å². The molecule has 0 aliphatic carbocycles. The minimum absolute atomic E-state index is 0.247. The fraction of sp³-hybridized carbons (Fsp3) is 0.800. The molecule has 0 aliphatic heterocycles. The van der Waals surface area contributed by atoms with E-state index in [0.717, 1.165) is 0 Å². The van der Waals surface area contributed by atoms with Crippen LogP contribution in [0.5, 0.6) is 0 Å². The molecule has 0 radical (unpaired) electrons. The molecular formula is C5H9NS. The van der Waals surface area contributed by atoms with Gasteiger partial charge in [0, 0.05) is 5.75 Å². The van der Waals surface area contributed by atoms with Crippen LogP contribution in [-0.4, -0.2) is 5.75 Å². The van der Waals surface area contributed by atoms with Gasteiger partial charge in [-0.1, -0.05) is 0 Å². The maximum atomic E-state index is 8.30. The number of rotatable bonds is 1. The summed E-state index contributed by atoms with van der Waals surface area (Å²) in [4.78, 5) is 0. The topological polar surface area (TPSA) is 23.8 Å². The minimum Gasteiger partial charge on any atom is -0.198 e. The van der Waals surface area contributed by atoms with Gasteiger partial charge in [0.15, 0.2) is 0 Å². The molecule has 7 heavy (non-hydrogen) atoms. The van der Waals surface area contributed by atoms with E-state index in [4.69, 9.17) is 5.26 Å². The van der Waals surface area contributed by atoms with Gasteiger partial charge in [-0.25, -0.2) is 0 Å². The number of nitriles is 1. The van der Waals surface area contributed by atoms with E-state index in [1.807, 2.05) is 13.8 Å². The van der Waals surface area contributed by atoms with Crippen LogP contribution in [0.3, 0.4) is 0 Å². The van der Waals surface area contributed by atoms with Crippen LogP contribution in [0, 0.1) is 16.7 Å². The Kier molecular flexibility index (Phi) is 2.17. The molecule has 0 atom stereocenters. The van der Waals surface area contributed by atoms with Crippen molar-refractivity contribution in [1.82, 2.24) is 0 Å². The Morgan fingerprint density at radius 2 is 2.14 bits per heavy atom. The maximum Gasteiger partial charge on any atom is 0.0692 e. The summed E-state index contributed by atoms with van der Waals surface area (Å²) < 4.78 is 0. The molecule has 0 amide bonds. The van der Waals surface area contributed by atoms with Crippen LogP contribution >= 0.6 is 12.6 Å². The Labute approximate surface area is 49.7 Å². The first-order chi connectivity index (χ1) is 3.12. The second-order valence-corrected chi connectivity index (χ2v) is 2.47. The first-order valence-electron chi connectivity index (χ1n) is 2.14. The van der Waals surface area contributed by atoms with E-state index in [9.17, 15) is 0 Å². The third kappa shape index (κ3) is 2.52. The van der Waals surface area contributed by atoms with Gasteiger partial charge in [-0.15, -0.1) is 0 Å². The maximum absolute atomic E-state index is 8.30. The molecule has 0 heterocycles. The van der Waals surface area contributed by atoms with Gasteiger partial charge in [-0.3, -0.25) is 0 Å². The van der Waals surface area contributed by atoms with Gasteiger partial charge >= 0.3 is 0 Å². The molecule has 0 aromatic rings. The molecule has 0 spiro atoms. The van der Waals surface area contributed by atoms with Crippen molar-refractivity contribution >= 4 is 12.6 Å². The Morgan fingerprint density at radius 1 is 1.71 bits per heavy atom. The van der Waals surface area contributed by atoms with Gasteiger partial charge in [0.1, 0.15) is 0 Å². The van der Waals surface area contributed by atoms with Crippen molar-refractivity contribution in [3.8, 4) is 6.07 Å². The smallest absolute Gasteiger partial charge is 0.0692 e. The minimum atomic E-state index is -0.247. The van der Waals surface area contributed by atoms with Crippen LogP contribution in [0.25, 0.3) is 0 Å². The SMILES string of the molecule is CC(C)(C#N)CS. The number of thiol groups is 1. The van der Waals surface area contributed by atoms with Crippen LogP contribution in [0.4, 0.5) is 0 Å². The average molecular weight is 115 g/mol. The molecule has 1 nitrogen and oxygen atoms in total. The highest BCUT2D eigenvalue weighted by Crippen LogP contribution is 2.13. The summed E-state index contributed by atoms with van der Waals surface area (Å²) >= 11 is 3.96. The first kappa shape index (κ1) is 6.84. The van der Waals surface area contributed by atoms with Gasteiger partial charge in [-0.2, -0.15) is 17.9 Å². The molecule has 0 bridgehead atoms. The van der Waals surface area contributed by atoms with E-state index in [1.165, 1.54) is 0 Å². The quantitative estimate of drug-likeness (QED) is 0.514. The van der Waals surface area contributed by atoms with Crippen molar-refractivity contribution in [2.45, 2.75) is 13.8 Å². The predicted molar refractivity (Wildman–Crippen MR) is 33.2 cm³/mol. The van der Waals surface area contributed by atoms with E-state index < -0.39 is 0 Å². The normalized spacial score (nSPS) is 10.6. The third-order valence-corrected chi connectivity index (χ3v) is 1.49. The van der Waals surface area contributed by atoms with Crippen molar-refractivity contribution in [1.29, 1.82) is 5.26 Å². The van der Waals surface area contributed by atoms with E-state index in [2.05, 4.69) is 18.7 Å². The van der Waals surface area contributed by atoms with Crippen LogP contribution < -0.4 is 0 Å². The number of hydrogen-bond acceptors (Lipinski definition) is 2. The molecule has 0 fully saturated rings. The Hall–Kier alpha value is -0.160. The van der Waals surface area contributed by atoms with Gasteiger partial charge < -0.3 is 0 Å². The Morgan fingerprint density at radius 3 is 2.14 bits per heavy atom. The number of hydrogen-bond donors (Lipinski definition) is 1. The highest BCUT2D eigenvalue weighted by Gasteiger charge is 2.12. The monoisotopic (exact) mass is 115 g/mol. The predicted octanol–water partition coefficient (Wildman–Crippen LogP) is 1.47. The largest absolute Gasteiger partial charge is 0.198 e. The van der Waals surface area contributed by atoms with E-state index in [1.54, 1.807) is 0 Å². The molecule has 0 aromatic heterocycles. The van der Waals surface area contributed by atoms with Gasteiger partial charge in [0.2, 0.25) is 0 Å². The Bertz CT molecular complexity index is 90.7. The van der Waals surface area contributed by atoms with Crippen LogP contribution in [0.1, 0.15) is 13.8 Å². The van der Waals surface area contributed by atoms with E-state index in [-0.39, 0.29) is 5.41 Å². The van der Waals surface area contributed by atoms with Gasteiger partial charge in [-0.05, 0) is 13.8 Å². The lowest BCUT2D eigenvalue weighted by molar-refractivity contribution is 0.575. The molecule has 0 aliphatic rings. The molecule has 0 saturated heterocycles. The average Bonchev–Trinajstić information content (AvgIpc) is 1.68. The summed E-state index contributed by atoms with van der Waals surface area (Å²) in [6.45, 7) is 3.72. The molecule has 40 valence electrons. The molecule has 0 saturated carbocycles. The number of nitrogens with zero attached hydrogens (tertiary/aromatic N) is 1. The second-order valence-electron chi connectivity index (χ2n) is 2.15. The fourth-order valence-corrected chi connectivity index (χ4v) is 0.106. The van der Waals surface area contributed by atoms with Crippen LogP contribution in [0.2, 0.25) is 0 Å². The van der Waals surface area contributed by atoms with E-state index >= 15 is 0 Å². The summed E-state index contributed by atoms with van der Waals surface area (Å²) in [7, 11) is 0. The van der Waals surface area contributed by atoms with Crippen molar-refractivity contribution in [3.63, 3.8) is 0 Å². The van der Waals surface area contributed by atoms with Crippen molar-refractivity contribution < 1.29 is 0 Å². The van der Waals surface area contributed by atoms with Crippen molar-refractivity contribution in [3.05, 3.63) is 0 Å². The summed E-state index contributed by atoms with van der Waals surface area (Å²) in [5, 5.41) is 8.30. The molecule has 0 N–H and O–H groups in total. The summed E-state index contributed by atoms with van der Waals surface area (Å²) in [6.07, 6.45) is 0. The molecular weight excluding hydrogens is 106 g/mol. The summed E-state index contributed by atoms with van der Waals surface area (Å²) in [6, 6.07) is 2.11. The lowest BCUT2D eigenvalue weighted by Gasteiger charge is -2.07. The molecule has 0 rings (SSSR count). The van der Waals surface area contributed by atoms with Crippen molar-refractivity contribution in [2.24, 2.45) is 5.41 Å². The van der Waals surface area contributed by atoms with Gasteiger partial charge in [0.05, 0.1) is 11.5 Å².